The van der Waals surface area contributed by atoms with E-state index in [-0.39, 0.29) is 5.25 Å². The summed E-state index contributed by atoms with van der Waals surface area (Å²) in [5, 5.41) is 18.2. The zero-order valence-corrected chi connectivity index (χ0v) is 19.3. The second-order valence-corrected chi connectivity index (χ2v) is 9.04. The Balaban J connectivity index is 1.49. The molecule has 5 rings (SSSR count). The summed E-state index contributed by atoms with van der Waals surface area (Å²) in [6, 6.07) is 20.1. The maximum atomic E-state index is 6.00. The van der Waals surface area contributed by atoms with Gasteiger partial charge in [-0.3, -0.25) is 9.55 Å². The monoisotopic (exact) mass is 454 g/mol. The Bertz CT molecular complexity index is 1380. The molecule has 2 aromatic carbocycles. The van der Waals surface area contributed by atoms with Gasteiger partial charge in [0.1, 0.15) is 0 Å². The molecule has 0 aliphatic heterocycles. The van der Waals surface area contributed by atoms with E-state index in [0.29, 0.717) is 11.8 Å². The first-order valence-electron chi connectivity index (χ1n) is 10.6. The number of rotatable bonds is 6. The van der Waals surface area contributed by atoms with Gasteiger partial charge in [0.2, 0.25) is 11.8 Å². The molecule has 1 atom stereocenters. The SMILES string of the molecule is Cc1ccc(-c2nnc(C(C)Sc3nnc(-c4ccncc4)n3-c3ccccc3C)o2)cc1. The zero-order chi connectivity index (χ0) is 22.8. The zero-order valence-electron chi connectivity index (χ0n) is 18.5. The van der Waals surface area contributed by atoms with Crippen molar-refractivity contribution in [2.75, 3.05) is 0 Å². The Labute approximate surface area is 195 Å². The van der Waals surface area contributed by atoms with Crippen molar-refractivity contribution >= 4 is 11.8 Å². The van der Waals surface area contributed by atoms with Crippen LogP contribution in [0.3, 0.4) is 0 Å². The molecule has 0 saturated carbocycles. The maximum Gasteiger partial charge on any atom is 0.247 e. The minimum absolute atomic E-state index is 0.117. The number of aryl methyl sites for hydroxylation is 2. The van der Waals surface area contributed by atoms with Gasteiger partial charge >= 0.3 is 0 Å². The van der Waals surface area contributed by atoms with Crippen molar-refractivity contribution in [3.05, 3.63) is 90.1 Å². The average molecular weight is 455 g/mol. The second kappa shape index (κ2) is 8.99. The molecule has 0 radical (unpaired) electrons. The molecule has 0 N–H and O–H groups in total. The number of nitrogens with zero attached hydrogens (tertiary/aromatic N) is 6. The molecular weight excluding hydrogens is 432 g/mol. The highest BCUT2D eigenvalue weighted by atomic mass is 32.2. The van der Waals surface area contributed by atoms with Crippen LogP contribution in [0.5, 0.6) is 0 Å². The Morgan fingerprint density at radius 1 is 0.818 bits per heavy atom. The molecule has 1 unspecified atom stereocenters. The van der Waals surface area contributed by atoms with Crippen molar-refractivity contribution in [2.45, 2.75) is 31.2 Å². The first-order chi connectivity index (χ1) is 16.1. The van der Waals surface area contributed by atoms with Crippen LogP contribution in [0.4, 0.5) is 0 Å². The third-order valence-corrected chi connectivity index (χ3v) is 6.33. The van der Waals surface area contributed by atoms with Gasteiger partial charge in [-0.1, -0.05) is 47.7 Å². The summed E-state index contributed by atoms with van der Waals surface area (Å²) in [6.07, 6.45) is 3.51. The van der Waals surface area contributed by atoms with Gasteiger partial charge in [0, 0.05) is 23.5 Å². The van der Waals surface area contributed by atoms with Crippen molar-refractivity contribution < 1.29 is 4.42 Å². The van der Waals surface area contributed by atoms with Crippen LogP contribution in [0, 0.1) is 13.8 Å². The van der Waals surface area contributed by atoms with Gasteiger partial charge in [-0.2, -0.15) is 0 Å². The predicted octanol–water partition coefficient (Wildman–Crippen LogP) is 5.85. The van der Waals surface area contributed by atoms with Gasteiger partial charge < -0.3 is 4.42 Å². The van der Waals surface area contributed by atoms with E-state index >= 15 is 0 Å². The summed E-state index contributed by atoms with van der Waals surface area (Å²) in [7, 11) is 0. The third-order valence-electron chi connectivity index (χ3n) is 5.30. The number of benzene rings is 2. The van der Waals surface area contributed by atoms with E-state index in [2.05, 4.69) is 49.0 Å². The fraction of sp³-hybridized carbons (Fsp3) is 0.160. The van der Waals surface area contributed by atoms with Crippen LogP contribution in [0.1, 0.15) is 29.2 Å². The van der Waals surface area contributed by atoms with Crippen molar-refractivity contribution in [3.63, 3.8) is 0 Å². The molecule has 0 aliphatic rings. The molecular formula is C25H22N6OS. The predicted molar refractivity (Wildman–Crippen MR) is 128 cm³/mol. The Kier molecular flexibility index (Phi) is 5.75. The van der Waals surface area contributed by atoms with Crippen LogP contribution in [-0.2, 0) is 0 Å². The van der Waals surface area contributed by atoms with Gasteiger partial charge in [0.25, 0.3) is 0 Å². The van der Waals surface area contributed by atoms with Crippen LogP contribution >= 0.6 is 11.8 Å². The summed E-state index contributed by atoms with van der Waals surface area (Å²) < 4.78 is 8.07. The molecule has 164 valence electrons. The standard InChI is InChI=1S/C25H22N6OS/c1-16-8-10-20(11-9-16)24-29-28-23(32-24)18(3)33-25-30-27-22(19-12-14-26-15-13-19)31(25)21-7-5-4-6-17(21)2/h4-15,18H,1-3H3. The van der Waals surface area contributed by atoms with Gasteiger partial charge in [0.05, 0.1) is 10.9 Å². The molecule has 3 aromatic heterocycles. The van der Waals surface area contributed by atoms with E-state index in [1.165, 1.54) is 17.3 Å². The smallest absolute Gasteiger partial charge is 0.247 e. The van der Waals surface area contributed by atoms with Gasteiger partial charge in [0.15, 0.2) is 11.0 Å². The molecule has 7 nitrogen and oxygen atoms in total. The van der Waals surface area contributed by atoms with Crippen molar-refractivity contribution in [1.29, 1.82) is 0 Å². The van der Waals surface area contributed by atoms with E-state index < -0.39 is 0 Å². The van der Waals surface area contributed by atoms with Crippen LogP contribution in [0.25, 0.3) is 28.5 Å². The first kappa shape index (κ1) is 21.1. The molecule has 0 amide bonds. The average Bonchev–Trinajstić information content (AvgIpc) is 3.48. The lowest BCUT2D eigenvalue weighted by molar-refractivity contribution is 0.509. The number of hydrogen-bond donors (Lipinski definition) is 0. The molecule has 0 aliphatic carbocycles. The normalized spacial score (nSPS) is 12.1. The second-order valence-electron chi connectivity index (χ2n) is 7.74. The van der Waals surface area contributed by atoms with Crippen molar-refractivity contribution in [3.8, 4) is 28.5 Å². The van der Waals surface area contributed by atoms with E-state index in [4.69, 9.17) is 4.42 Å². The number of pyridine rings is 1. The summed E-state index contributed by atoms with van der Waals surface area (Å²) in [5.41, 5.74) is 5.18. The minimum atomic E-state index is -0.117. The lowest BCUT2D eigenvalue weighted by Crippen LogP contribution is -2.03. The number of para-hydroxylation sites is 1. The topological polar surface area (TPSA) is 82.5 Å². The van der Waals surface area contributed by atoms with Gasteiger partial charge in [-0.15, -0.1) is 20.4 Å². The number of hydrogen-bond acceptors (Lipinski definition) is 7. The van der Waals surface area contributed by atoms with E-state index in [1.54, 1.807) is 12.4 Å². The summed E-state index contributed by atoms with van der Waals surface area (Å²) in [4.78, 5) is 4.13. The molecule has 0 bridgehead atoms. The first-order valence-corrected chi connectivity index (χ1v) is 11.5. The largest absolute Gasteiger partial charge is 0.419 e. The molecule has 0 fully saturated rings. The molecule has 0 spiro atoms. The molecule has 3 heterocycles. The highest BCUT2D eigenvalue weighted by Crippen LogP contribution is 2.37. The molecule has 8 heteroatoms. The maximum absolute atomic E-state index is 6.00. The molecule has 33 heavy (non-hydrogen) atoms. The number of aromatic nitrogens is 6. The Morgan fingerprint density at radius 2 is 1.58 bits per heavy atom. The fourth-order valence-electron chi connectivity index (χ4n) is 3.49. The van der Waals surface area contributed by atoms with Crippen molar-refractivity contribution in [2.24, 2.45) is 0 Å². The summed E-state index contributed by atoms with van der Waals surface area (Å²) in [6.45, 7) is 6.15. The highest BCUT2D eigenvalue weighted by Gasteiger charge is 2.23. The van der Waals surface area contributed by atoms with Crippen LogP contribution in [0.15, 0.2) is 82.6 Å². The number of thioether (sulfide) groups is 1. The van der Waals surface area contributed by atoms with Gasteiger partial charge in [-0.25, -0.2) is 0 Å². The lowest BCUT2D eigenvalue weighted by Gasteiger charge is -2.14. The van der Waals surface area contributed by atoms with Crippen molar-refractivity contribution in [1.82, 2.24) is 29.9 Å². The Morgan fingerprint density at radius 3 is 2.33 bits per heavy atom. The Hall–Kier alpha value is -3.78. The van der Waals surface area contributed by atoms with Gasteiger partial charge in [-0.05, 0) is 56.7 Å². The molecule has 0 saturated heterocycles. The summed E-state index contributed by atoms with van der Waals surface area (Å²) >= 11 is 1.53. The van der Waals surface area contributed by atoms with Crippen LogP contribution in [0.2, 0.25) is 0 Å². The van der Waals surface area contributed by atoms with E-state index in [9.17, 15) is 0 Å². The van der Waals surface area contributed by atoms with E-state index in [0.717, 1.165) is 33.4 Å². The highest BCUT2D eigenvalue weighted by molar-refractivity contribution is 7.99. The quantitative estimate of drug-likeness (QED) is 0.298. The van der Waals surface area contributed by atoms with Crippen LogP contribution in [-0.4, -0.2) is 29.9 Å². The third kappa shape index (κ3) is 4.29. The minimum Gasteiger partial charge on any atom is -0.419 e. The van der Waals surface area contributed by atoms with E-state index in [1.807, 2.05) is 62.4 Å². The summed E-state index contributed by atoms with van der Waals surface area (Å²) in [5.74, 6) is 1.81. The van der Waals surface area contributed by atoms with Crippen LogP contribution < -0.4 is 0 Å². The fourth-order valence-corrected chi connectivity index (χ4v) is 4.38. The molecule has 5 aromatic rings. The lowest BCUT2D eigenvalue weighted by atomic mass is 10.1.